The van der Waals surface area contributed by atoms with E-state index < -0.39 is 23.3 Å². The van der Waals surface area contributed by atoms with E-state index in [1.807, 2.05) is 12.1 Å². The number of anilines is 3. The molecule has 1 aliphatic heterocycles. The second kappa shape index (κ2) is 12.3. The van der Waals surface area contributed by atoms with E-state index in [4.69, 9.17) is 9.26 Å². The van der Waals surface area contributed by atoms with E-state index in [0.29, 0.717) is 17.1 Å². The smallest absolute Gasteiger partial charge is 0.379 e. The van der Waals surface area contributed by atoms with Gasteiger partial charge in [0.05, 0.1) is 19.6 Å². The van der Waals surface area contributed by atoms with Crippen molar-refractivity contribution in [1.82, 2.24) is 20.0 Å². The van der Waals surface area contributed by atoms with E-state index in [9.17, 15) is 22.4 Å². The first-order valence-corrected chi connectivity index (χ1v) is 14.3. The maximum absolute atomic E-state index is 14.9. The summed E-state index contributed by atoms with van der Waals surface area (Å²) < 4.78 is 65.0. The number of aromatic nitrogens is 3. The van der Waals surface area contributed by atoms with E-state index in [1.165, 1.54) is 17.7 Å². The number of carbonyl (C=O) groups is 1. The van der Waals surface area contributed by atoms with Gasteiger partial charge in [-0.2, -0.15) is 13.2 Å². The van der Waals surface area contributed by atoms with Crippen molar-refractivity contribution < 1.29 is 31.6 Å². The summed E-state index contributed by atoms with van der Waals surface area (Å²) in [6, 6.07) is 13.5. The number of halogens is 4. The van der Waals surface area contributed by atoms with Crippen LogP contribution in [-0.2, 0) is 27.8 Å². The number of carbonyl (C=O) groups excluding carboxylic acids is 1. The maximum atomic E-state index is 14.9. The van der Waals surface area contributed by atoms with Gasteiger partial charge < -0.3 is 19.9 Å². The number of benzene rings is 2. The number of amides is 1. The van der Waals surface area contributed by atoms with Gasteiger partial charge in [-0.15, -0.1) is 0 Å². The fourth-order valence-corrected chi connectivity index (χ4v) is 5.12. The van der Waals surface area contributed by atoms with Gasteiger partial charge in [-0.1, -0.05) is 29.4 Å². The first kappa shape index (κ1) is 29.7. The van der Waals surface area contributed by atoms with Crippen molar-refractivity contribution in [3.8, 4) is 11.1 Å². The Morgan fingerprint density at radius 1 is 0.977 bits per heavy atom. The Hall–Kier alpha value is -4.36. The summed E-state index contributed by atoms with van der Waals surface area (Å²) in [5.41, 5.74) is 1.24. The summed E-state index contributed by atoms with van der Waals surface area (Å²) in [6.07, 6.45) is -0.887. The fourth-order valence-electron chi connectivity index (χ4n) is 5.12. The molecule has 2 aromatic carbocycles. The Morgan fingerprint density at radius 2 is 1.70 bits per heavy atom. The highest BCUT2D eigenvalue weighted by Crippen LogP contribution is 2.59. The van der Waals surface area contributed by atoms with Crippen LogP contribution in [0.25, 0.3) is 11.1 Å². The molecule has 230 valence electrons. The number of rotatable bonds is 10. The van der Waals surface area contributed by atoms with Gasteiger partial charge in [-0.05, 0) is 54.2 Å². The third-order valence-electron chi connectivity index (χ3n) is 7.96. The van der Waals surface area contributed by atoms with E-state index >= 15 is 0 Å². The van der Waals surface area contributed by atoms with Gasteiger partial charge in [0.1, 0.15) is 11.2 Å². The predicted molar refractivity (Wildman–Crippen MR) is 154 cm³/mol. The number of hydrogen-bond donors (Lipinski definition) is 2. The van der Waals surface area contributed by atoms with E-state index in [0.717, 1.165) is 51.0 Å². The number of alkyl halides is 3. The van der Waals surface area contributed by atoms with Crippen LogP contribution in [0.4, 0.5) is 35.0 Å². The minimum absolute atomic E-state index is 0.0922. The van der Waals surface area contributed by atoms with Crippen molar-refractivity contribution in [3.63, 3.8) is 0 Å². The van der Waals surface area contributed by atoms with Crippen LogP contribution in [0.15, 0.2) is 65.4 Å². The second-order valence-electron chi connectivity index (χ2n) is 11.0. The van der Waals surface area contributed by atoms with Gasteiger partial charge in [0, 0.05) is 49.3 Å². The molecule has 2 aromatic heterocycles. The number of ether oxygens (including phenoxy) is 1. The summed E-state index contributed by atoms with van der Waals surface area (Å²) in [7, 11) is 0. The van der Waals surface area contributed by atoms with Gasteiger partial charge in [0.2, 0.25) is 11.9 Å². The molecule has 0 bridgehead atoms. The highest BCUT2D eigenvalue weighted by Gasteiger charge is 2.66. The molecule has 1 amide bonds. The molecule has 2 aliphatic rings. The summed E-state index contributed by atoms with van der Waals surface area (Å²) >= 11 is 0. The van der Waals surface area contributed by atoms with Crippen molar-refractivity contribution in [2.75, 3.05) is 43.5 Å². The lowest BCUT2D eigenvalue weighted by molar-refractivity contribution is -0.165. The molecule has 6 rings (SSSR count). The zero-order chi connectivity index (χ0) is 30.7. The molecule has 0 unspecified atom stereocenters. The molecule has 3 heterocycles. The third kappa shape index (κ3) is 6.73. The third-order valence-corrected chi connectivity index (χ3v) is 7.96. The highest BCUT2D eigenvalue weighted by molar-refractivity contribution is 5.91. The van der Waals surface area contributed by atoms with Crippen molar-refractivity contribution in [2.45, 2.75) is 37.3 Å². The summed E-state index contributed by atoms with van der Waals surface area (Å²) in [5.74, 6) is -1.36. The maximum Gasteiger partial charge on any atom is 0.401 e. The van der Waals surface area contributed by atoms with Gasteiger partial charge >= 0.3 is 6.18 Å². The quantitative estimate of drug-likeness (QED) is 0.222. The fraction of sp³-hybridized carbons (Fsp3) is 0.355. The molecule has 0 atom stereocenters. The monoisotopic (exact) mass is 610 g/mol. The van der Waals surface area contributed by atoms with Crippen molar-refractivity contribution in [1.29, 1.82) is 0 Å². The molecule has 1 aliphatic carbocycles. The number of nitrogens with zero attached hydrogens (tertiary/aromatic N) is 4. The predicted octanol–water partition coefficient (Wildman–Crippen LogP) is 5.66. The van der Waals surface area contributed by atoms with Crippen LogP contribution in [0.3, 0.4) is 0 Å². The first-order chi connectivity index (χ1) is 21.2. The van der Waals surface area contributed by atoms with E-state index in [1.54, 1.807) is 18.5 Å². The summed E-state index contributed by atoms with van der Waals surface area (Å²) in [4.78, 5) is 23.5. The lowest BCUT2D eigenvalue weighted by atomic mass is 10.0. The van der Waals surface area contributed by atoms with Gasteiger partial charge in [0.25, 0.3) is 0 Å². The summed E-state index contributed by atoms with van der Waals surface area (Å²) in [5, 5.41) is 9.07. The van der Waals surface area contributed by atoms with Crippen LogP contribution < -0.4 is 10.6 Å². The van der Waals surface area contributed by atoms with Crippen molar-refractivity contribution >= 4 is 23.4 Å². The molecule has 1 saturated carbocycles. The Kier molecular flexibility index (Phi) is 8.32. The largest absolute Gasteiger partial charge is 0.401 e. The topological polar surface area (TPSA) is 105 Å². The van der Waals surface area contributed by atoms with Gasteiger partial charge in [0.15, 0.2) is 11.6 Å². The van der Waals surface area contributed by atoms with Crippen LogP contribution in [0.2, 0.25) is 0 Å². The van der Waals surface area contributed by atoms with Crippen LogP contribution in [0.5, 0.6) is 0 Å². The number of hydrogen-bond acceptors (Lipinski definition) is 8. The van der Waals surface area contributed by atoms with Gasteiger partial charge in [-0.25, -0.2) is 14.4 Å². The standard InChI is InChI=1S/C31H30F4N6O3/c32-25-15-21(3-4-22(25)16-28(42)39-27-17-26(44-40-27)30(8-9-30)31(33,34)35)23-18-36-29(37-19-23)38-24-5-1-20(2-6-24)7-10-41-11-13-43-14-12-41/h1-6,15,17-19H,7-14,16H2,(H,36,37,38)(H,39,40,42). The van der Waals surface area contributed by atoms with Crippen molar-refractivity contribution in [3.05, 3.63) is 83.6 Å². The average molecular weight is 611 g/mol. The Bertz CT molecular complexity index is 1600. The lowest BCUT2D eigenvalue weighted by Crippen LogP contribution is -2.37. The molecule has 4 aromatic rings. The normalized spacial score (nSPS) is 16.5. The average Bonchev–Trinajstić information content (AvgIpc) is 3.72. The number of nitrogens with one attached hydrogen (secondary N) is 2. The van der Waals surface area contributed by atoms with Crippen molar-refractivity contribution in [2.24, 2.45) is 0 Å². The second-order valence-corrected chi connectivity index (χ2v) is 11.0. The SMILES string of the molecule is O=C(Cc1ccc(-c2cnc(Nc3ccc(CCN4CCOCC4)cc3)nc2)cc1F)Nc1cc(C2(C(F)(F)F)CC2)on1. The molecule has 1 saturated heterocycles. The summed E-state index contributed by atoms with van der Waals surface area (Å²) in [6.45, 7) is 4.49. The Morgan fingerprint density at radius 3 is 2.36 bits per heavy atom. The molecular formula is C31H30F4N6O3. The zero-order valence-corrected chi connectivity index (χ0v) is 23.7. The molecule has 2 N–H and O–H groups in total. The zero-order valence-electron chi connectivity index (χ0n) is 23.7. The molecule has 2 fully saturated rings. The van der Waals surface area contributed by atoms with E-state index in [-0.39, 0.29) is 36.4 Å². The minimum Gasteiger partial charge on any atom is -0.379 e. The Labute approximate surface area is 250 Å². The molecule has 13 heteroatoms. The highest BCUT2D eigenvalue weighted by atomic mass is 19.4. The molecule has 44 heavy (non-hydrogen) atoms. The molecular weight excluding hydrogens is 580 g/mol. The lowest BCUT2D eigenvalue weighted by Gasteiger charge is -2.26. The molecule has 0 radical (unpaired) electrons. The minimum atomic E-state index is -4.46. The molecule has 0 spiro atoms. The molecule has 9 nitrogen and oxygen atoms in total. The number of morpholine rings is 1. The first-order valence-electron chi connectivity index (χ1n) is 14.3. The van der Waals surface area contributed by atoms with E-state index in [2.05, 4.69) is 42.8 Å². The van der Waals surface area contributed by atoms with Crippen LogP contribution in [0.1, 0.15) is 29.7 Å². The Balaban J connectivity index is 1.01. The van der Waals surface area contributed by atoms with Crippen LogP contribution >= 0.6 is 0 Å². The van der Waals surface area contributed by atoms with Crippen LogP contribution in [0, 0.1) is 5.82 Å². The van der Waals surface area contributed by atoms with Gasteiger partial charge in [-0.3, -0.25) is 9.69 Å². The van der Waals surface area contributed by atoms with Crippen LogP contribution in [-0.4, -0.2) is 65.0 Å².